The average molecular weight is 521 g/mol. The molecule has 0 aliphatic carbocycles. The summed E-state index contributed by atoms with van der Waals surface area (Å²) in [6.07, 6.45) is -11.5. The second kappa shape index (κ2) is 9.51. The number of likely N-dealkylation sites (tertiary alicyclic amines) is 1. The van der Waals surface area contributed by atoms with Crippen LogP contribution in [-0.4, -0.2) is 60.3 Å². The van der Waals surface area contributed by atoms with Crippen molar-refractivity contribution in [3.8, 4) is 0 Å². The van der Waals surface area contributed by atoms with Crippen LogP contribution >= 0.6 is 0 Å². The molecule has 0 unspecified atom stereocenters. The molecule has 3 rings (SSSR count). The van der Waals surface area contributed by atoms with Crippen molar-refractivity contribution in [2.24, 2.45) is 0 Å². The first-order valence-corrected chi connectivity index (χ1v) is 10.5. The van der Waals surface area contributed by atoms with Crippen LogP contribution in [0.15, 0.2) is 36.4 Å². The number of rotatable bonds is 3. The third-order valence-corrected chi connectivity index (χ3v) is 6.24. The molecule has 1 heterocycles. The van der Waals surface area contributed by atoms with Crippen molar-refractivity contribution in [3.63, 3.8) is 0 Å². The summed E-state index contributed by atoms with van der Waals surface area (Å²) >= 11 is 0. The molecule has 2 atom stereocenters. The maximum absolute atomic E-state index is 13.6. The van der Waals surface area contributed by atoms with Gasteiger partial charge in [0.25, 0.3) is 0 Å². The van der Waals surface area contributed by atoms with Gasteiger partial charge in [-0.2, -0.15) is 26.3 Å². The summed E-state index contributed by atoms with van der Waals surface area (Å²) in [4.78, 5) is 27.6. The smallest absolute Gasteiger partial charge is 0.416 e. The molecule has 0 radical (unpaired) electrons. The molecule has 3 amide bonds. The lowest BCUT2D eigenvalue weighted by molar-refractivity contribution is -0.143. The largest absolute Gasteiger partial charge is 0.465 e. The minimum atomic E-state index is -5.09. The van der Waals surface area contributed by atoms with E-state index >= 15 is 0 Å². The number of likely N-dealkylation sites (N-methyl/N-ethyl adjacent to an activating group) is 1. The molecule has 0 spiro atoms. The van der Waals surface area contributed by atoms with Gasteiger partial charge in [0, 0.05) is 38.8 Å². The van der Waals surface area contributed by atoms with Gasteiger partial charge in [-0.25, -0.2) is 14.0 Å². The van der Waals surface area contributed by atoms with Crippen LogP contribution < -0.4 is 4.90 Å². The van der Waals surface area contributed by atoms with Crippen molar-refractivity contribution in [2.75, 3.05) is 32.1 Å². The quantitative estimate of drug-likeness (QED) is 0.519. The van der Waals surface area contributed by atoms with E-state index in [0.29, 0.717) is 28.2 Å². The Hall–Kier alpha value is -3.51. The minimum absolute atomic E-state index is 0.0411. The van der Waals surface area contributed by atoms with E-state index in [1.807, 2.05) is 0 Å². The van der Waals surface area contributed by atoms with Crippen LogP contribution in [-0.2, 0) is 12.4 Å². The normalized spacial score (nSPS) is 18.3. The lowest BCUT2D eigenvalue weighted by atomic mass is 9.90. The summed E-state index contributed by atoms with van der Waals surface area (Å²) < 4.78 is 93.2. The predicted octanol–water partition coefficient (Wildman–Crippen LogP) is 5.81. The van der Waals surface area contributed by atoms with Gasteiger partial charge >= 0.3 is 24.5 Å². The summed E-state index contributed by atoms with van der Waals surface area (Å²) in [6, 6.07) is 2.92. The Bertz CT molecular complexity index is 1130. The summed E-state index contributed by atoms with van der Waals surface area (Å²) in [7, 11) is 2.30. The number of amides is 3. The van der Waals surface area contributed by atoms with Crippen LogP contribution in [0.4, 0.5) is 46.0 Å². The van der Waals surface area contributed by atoms with Gasteiger partial charge in [0.05, 0.1) is 17.2 Å². The highest BCUT2D eigenvalue weighted by Gasteiger charge is 2.42. The molecule has 0 bridgehead atoms. The lowest BCUT2D eigenvalue weighted by Crippen LogP contribution is -2.47. The molecule has 13 heteroatoms. The molecule has 1 fully saturated rings. The number of alkyl halides is 6. The fourth-order valence-electron chi connectivity index (χ4n) is 4.32. The van der Waals surface area contributed by atoms with Gasteiger partial charge in [0.1, 0.15) is 5.82 Å². The number of halogens is 7. The number of nitrogens with zero attached hydrogens (tertiary/aromatic N) is 3. The first-order valence-electron chi connectivity index (χ1n) is 10.5. The first-order chi connectivity index (χ1) is 16.5. The third-order valence-electron chi connectivity index (χ3n) is 6.24. The Morgan fingerprint density at radius 3 is 1.97 bits per heavy atom. The molecule has 36 heavy (non-hydrogen) atoms. The van der Waals surface area contributed by atoms with E-state index in [-0.39, 0.29) is 19.2 Å². The summed E-state index contributed by atoms with van der Waals surface area (Å²) in [6.45, 7) is 1.40. The van der Waals surface area contributed by atoms with E-state index in [2.05, 4.69) is 0 Å². The molecule has 1 aliphatic heterocycles. The van der Waals surface area contributed by atoms with Crippen LogP contribution in [0.1, 0.15) is 28.2 Å². The van der Waals surface area contributed by atoms with Crippen molar-refractivity contribution in [2.45, 2.75) is 31.2 Å². The molecule has 2 aromatic carbocycles. The van der Waals surface area contributed by atoms with Gasteiger partial charge in [-0.3, -0.25) is 4.90 Å². The number of aryl methyl sites for hydroxylation is 1. The predicted molar refractivity (Wildman–Crippen MR) is 115 cm³/mol. The number of benzene rings is 2. The van der Waals surface area contributed by atoms with Crippen molar-refractivity contribution in [1.29, 1.82) is 0 Å². The van der Waals surface area contributed by atoms with Crippen LogP contribution in [0.5, 0.6) is 0 Å². The average Bonchev–Trinajstić information content (AvgIpc) is 3.21. The number of carboxylic acid groups (broad SMARTS) is 1. The highest BCUT2D eigenvalue weighted by molar-refractivity contribution is 5.92. The zero-order valence-electron chi connectivity index (χ0n) is 19.3. The van der Waals surface area contributed by atoms with E-state index in [4.69, 9.17) is 0 Å². The van der Waals surface area contributed by atoms with E-state index < -0.39 is 59.1 Å². The number of carbonyl (C=O) groups is 2. The fraction of sp³-hybridized carbons (Fsp3) is 0.391. The first kappa shape index (κ1) is 27.1. The van der Waals surface area contributed by atoms with Crippen molar-refractivity contribution < 1.29 is 45.4 Å². The van der Waals surface area contributed by atoms with Crippen LogP contribution in [0.3, 0.4) is 0 Å². The topological polar surface area (TPSA) is 64.1 Å². The van der Waals surface area contributed by atoms with Crippen molar-refractivity contribution in [3.05, 3.63) is 64.5 Å². The zero-order chi connectivity index (χ0) is 27.2. The molecule has 1 N–H and O–H groups in total. The van der Waals surface area contributed by atoms with Gasteiger partial charge in [-0.05, 0) is 48.4 Å². The third kappa shape index (κ3) is 5.49. The van der Waals surface area contributed by atoms with E-state index in [1.165, 1.54) is 25.2 Å². The lowest BCUT2D eigenvalue weighted by Gasteiger charge is -2.33. The molecule has 196 valence electrons. The standard InChI is InChI=1S/C23H22F7N3O3/c1-12-6-15(24)4-5-17(12)18-10-33(21(35)36)11-19(18)32(3)20(34)31(2)16-8-13(22(25,26)27)7-14(9-16)23(28,29)30/h4-9,18-19H,10-11H2,1-3H3,(H,35,36)/t18-,19+/m0/s1. The van der Waals surface area contributed by atoms with Gasteiger partial charge in [-0.1, -0.05) is 6.07 Å². The van der Waals surface area contributed by atoms with E-state index in [9.17, 15) is 45.4 Å². The SMILES string of the molecule is Cc1cc(F)ccc1[C@@H]1CN(C(=O)O)C[C@H]1N(C)C(=O)N(C)c1cc(C(F)(F)F)cc(C(F)(F)F)c1. The number of hydrogen-bond acceptors (Lipinski definition) is 2. The van der Waals surface area contributed by atoms with Crippen molar-refractivity contribution in [1.82, 2.24) is 9.80 Å². The maximum atomic E-state index is 13.6. The van der Waals surface area contributed by atoms with E-state index in [0.717, 1.165) is 16.8 Å². The highest BCUT2D eigenvalue weighted by atomic mass is 19.4. The molecule has 1 saturated heterocycles. The van der Waals surface area contributed by atoms with Crippen LogP contribution in [0, 0.1) is 12.7 Å². The zero-order valence-corrected chi connectivity index (χ0v) is 19.3. The molecular weight excluding hydrogens is 499 g/mol. The Balaban J connectivity index is 1.98. The molecular formula is C23H22F7N3O3. The molecule has 2 aromatic rings. The monoisotopic (exact) mass is 521 g/mol. The number of hydrogen-bond donors (Lipinski definition) is 1. The number of anilines is 1. The van der Waals surface area contributed by atoms with Gasteiger partial charge < -0.3 is 14.9 Å². The van der Waals surface area contributed by atoms with Gasteiger partial charge in [-0.15, -0.1) is 0 Å². The van der Waals surface area contributed by atoms with Crippen LogP contribution in [0.2, 0.25) is 0 Å². The van der Waals surface area contributed by atoms with Crippen LogP contribution in [0.25, 0.3) is 0 Å². The Morgan fingerprint density at radius 2 is 1.50 bits per heavy atom. The summed E-state index contributed by atoms with van der Waals surface area (Å²) in [5, 5.41) is 9.47. The number of urea groups is 1. The minimum Gasteiger partial charge on any atom is -0.465 e. The summed E-state index contributed by atoms with van der Waals surface area (Å²) in [5.41, 5.74) is -2.73. The van der Waals surface area contributed by atoms with Crippen molar-refractivity contribution >= 4 is 17.8 Å². The van der Waals surface area contributed by atoms with E-state index in [1.54, 1.807) is 6.92 Å². The highest BCUT2D eigenvalue weighted by Crippen LogP contribution is 2.39. The second-order valence-corrected chi connectivity index (χ2v) is 8.58. The Kier molecular flexibility index (Phi) is 7.15. The molecule has 1 aliphatic rings. The molecule has 0 saturated carbocycles. The maximum Gasteiger partial charge on any atom is 0.416 e. The number of carbonyl (C=O) groups excluding carboxylic acids is 1. The summed E-state index contributed by atoms with van der Waals surface area (Å²) in [5.74, 6) is -1.13. The molecule has 0 aromatic heterocycles. The van der Waals surface area contributed by atoms with Gasteiger partial charge in [0.15, 0.2) is 0 Å². The Morgan fingerprint density at radius 1 is 0.944 bits per heavy atom. The molecule has 6 nitrogen and oxygen atoms in total. The second-order valence-electron chi connectivity index (χ2n) is 8.58. The van der Waals surface area contributed by atoms with Gasteiger partial charge in [0.2, 0.25) is 0 Å². The Labute approximate surface area is 201 Å². The fourth-order valence-corrected chi connectivity index (χ4v) is 4.32.